The molecule has 2 rings (SSSR count). The molecule has 1 heterocycles. The van der Waals surface area contributed by atoms with Crippen molar-refractivity contribution < 1.29 is 0 Å². The van der Waals surface area contributed by atoms with Crippen LogP contribution < -0.4 is 5.73 Å². The minimum atomic E-state index is 0.273. The lowest BCUT2D eigenvalue weighted by Crippen LogP contribution is -2.29. The van der Waals surface area contributed by atoms with E-state index in [0.717, 1.165) is 25.2 Å². The van der Waals surface area contributed by atoms with Gasteiger partial charge in [-0.15, -0.1) is 0 Å². The van der Waals surface area contributed by atoms with Crippen LogP contribution in [0.5, 0.6) is 0 Å². The molecular formula is C13H18Cl2N2. The van der Waals surface area contributed by atoms with E-state index in [1.165, 1.54) is 6.42 Å². The van der Waals surface area contributed by atoms with Gasteiger partial charge < -0.3 is 5.73 Å². The molecular weight excluding hydrogens is 255 g/mol. The van der Waals surface area contributed by atoms with Crippen molar-refractivity contribution in [3.05, 3.63) is 33.8 Å². The van der Waals surface area contributed by atoms with Crippen molar-refractivity contribution in [2.75, 3.05) is 13.1 Å². The Morgan fingerprint density at radius 1 is 1.47 bits per heavy atom. The van der Waals surface area contributed by atoms with Crippen molar-refractivity contribution in [3.8, 4) is 0 Å². The number of benzene rings is 1. The van der Waals surface area contributed by atoms with Gasteiger partial charge in [-0.3, -0.25) is 4.90 Å². The molecule has 17 heavy (non-hydrogen) atoms. The van der Waals surface area contributed by atoms with Gasteiger partial charge in [-0.25, -0.2) is 0 Å². The third-order valence-corrected chi connectivity index (χ3v) is 4.34. The molecule has 2 nitrogen and oxygen atoms in total. The van der Waals surface area contributed by atoms with Crippen LogP contribution in [-0.2, 0) is 6.54 Å². The molecule has 2 unspecified atom stereocenters. The number of halogens is 2. The van der Waals surface area contributed by atoms with E-state index in [-0.39, 0.29) is 6.04 Å². The average Bonchev–Trinajstić information content (AvgIpc) is 2.73. The van der Waals surface area contributed by atoms with Crippen LogP contribution >= 0.6 is 23.2 Å². The number of hydrogen-bond donors (Lipinski definition) is 1. The third-order valence-electron chi connectivity index (χ3n) is 3.48. The summed E-state index contributed by atoms with van der Waals surface area (Å²) >= 11 is 12.2. The van der Waals surface area contributed by atoms with E-state index in [1.54, 1.807) is 0 Å². The Kier molecular flexibility index (Phi) is 4.31. The second-order valence-electron chi connectivity index (χ2n) is 4.86. The summed E-state index contributed by atoms with van der Waals surface area (Å²) in [5.74, 6) is 0.605. The summed E-state index contributed by atoms with van der Waals surface area (Å²) in [5, 5.41) is 1.31. The van der Waals surface area contributed by atoms with Crippen molar-refractivity contribution in [1.29, 1.82) is 0 Å². The molecule has 0 spiro atoms. The summed E-state index contributed by atoms with van der Waals surface area (Å²) in [4.78, 5) is 2.39. The predicted molar refractivity (Wildman–Crippen MR) is 73.5 cm³/mol. The summed E-state index contributed by atoms with van der Waals surface area (Å²) in [6.07, 6.45) is 1.18. The van der Waals surface area contributed by atoms with Crippen molar-refractivity contribution >= 4 is 23.2 Å². The summed E-state index contributed by atoms with van der Waals surface area (Å²) in [5.41, 5.74) is 7.03. The number of nitrogens with two attached hydrogens (primary N) is 1. The van der Waals surface area contributed by atoms with Gasteiger partial charge in [0.05, 0.1) is 10.0 Å². The van der Waals surface area contributed by atoms with Crippen molar-refractivity contribution in [3.63, 3.8) is 0 Å². The van der Waals surface area contributed by atoms with Gasteiger partial charge in [0.25, 0.3) is 0 Å². The molecule has 2 atom stereocenters. The first-order valence-electron chi connectivity index (χ1n) is 5.98. The Morgan fingerprint density at radius 3 is 2.88 bits per heavy atom. The van der Waals surface area contributed by atoms with E-state index in [4.69, 9.17) is 28.9 Å². The third kappa shape index (κ3) is 3.14. The van der Waals surface area contributed by atoms with Gasteiger partial charge in [0.2, 0.25) is 0 Å². The van der Waals surface area contributed by atoms with Gasteiger partial charge >= 0.3 is 0 Å². The van der Waals surface area contributed by atoms with Crippen LogP contribution in [-0.4, -0.2) is 24.0 Å². The van der Waals surface area contributed by atoms with Gasteiger partial charge in [-0.05, 0) is 37.4 Å². The quantitative estimate of drug-likeness (QED) is 0.916. The van der Waals surface area contributed by atoms with E-state index < -0.39 is 0 Å². The molecule has 1 fully saturated rings. The smallest absolute Gasteiger partial charge is 0.0637 e. The highest BCUT2D eigenvalue weighted by molar-refractivity contribution is 6.42. The zero-order chi connectivity index (χ0) is 12.4. The number of rotatable bonds is 3. The van der Waals surface area contributed by atoms with Crippen molar-refractivity contribution in [2.45, 2.75) is 25.9 Å². The highest BCUT2D eigenvalue weighted by Gasteiger charge is 2.25. The molecule has 2 N–H and O–H groups in total. The number of likely N-dealkylation sites (tertiary alicyclic amines) is 1. The molecule has 0 saturated carbocycles. The Bertz CT molecular complexity index is 393. The first kappa shape index (κ1) is 13.2. The molecule has 94 valence electrons. The molecule has 1 saturated heterocycles. The highest BCUT2D eigenvalue weighted by Crippen LogP contribution is 2.28. The first-order valence-corrected chi connectivity index (χ1v) is 6.74. The van der Waals surface area contributed by atoms with Crippen LogP contribution in [0.15, 0.2) is 18.2 Å². The predicted octanol–water partition coefficient (Wildman–Crippen LogP) is 3.16. The average molecular weight is 273 g/mol. The fourth-order valence-electron chi connectivity index (χ4n) is 2.35. The van der Waals surface area contributed by atoms with Crippen molar-refractivity contribution in [2.24, 2.45) is 11.7 Å². The van der Waals surface area contributed by atoms with Gasteiger partial charge in [0, 0.05) is 19.1 Å². The second kappa shape index (κ2) is 5.57. The molecule has 1 aromatic rings. The normalized spacial score (nSPS) is 22.9. The number of nitrogens with zero attached hydrogens (tertiary/aromatic N) is 1. The maximum absolute atomic E-state index is 6.19. The SMILES string of the molecule is CC(N)C1CCN(Cc2cccc(Cl)c2Cl)C1. The molecule has 0 radical (unpaired) electrons. The van der Waals surface area contributed by atoms with E-state index in [9.17, 15) is 0 Å². The Hall–Kier alpha value is -0.280. The first-order chi connectivity index (χ1) is 8.08. The van der Waals surface area contributed by atoms with Crippen LogP contribution in [0.2, 0.25) is 10.0 Å². The van der Waals surface area contributed by atoms with Crippen LogP contribution in [0.1, 0.15) is 18.9 Å². The lowest BCUT2D eigenvalue weighted by Gasteiger charge is -2.18. The summed E-state index contributed by atoms with van der Waals surface area (Å²) < 4.78 is 0. The molecule has 4 heteroatoms. The number of hydrogen-bond acceptors (Lipinski definition) is 2. The van der Waals surface area contributed by atoms with Crippen LogP contribution in [0.4, 0.5) is 0 Å². The maximum atomic E-state index is 6.19. The zero-order valence-corrected chi connectivity index (χ0v) is 11.5. The maximum Gasteiger partial charge on any atom is 0.0637 e. The van der Waals surface area contributed by atoms with E-state index in [1.807, 2.05) is 18.2 Å². The van der Waals surface area contributed by atoms with Gasteiger partial charge in [-0.1, -0.05) is 35.3 Å². The molecule has 0 aliphatic carbocycles. The van der Waals surface area contributed by atoms with Crippen LogP contribution in [0, 0.1) is 5.92 Å². The Labute approximate surface area is 113 Å². The van der Waals surface area contributed by atoms with E-state index in [0.29, 0.717) is 16.0 Å². The second-order valence-corrected chi connectivity index (χ2v) is 5.64. The highest BCUT2D eigenvalue weighted by atomic mass is 35.5. The standard InChI is InChI=1S/C13H18Cl2N2/c1-9(16)10-5-6-17(7-10)8-11-3-2-4-12(14)13(11)15/h2-4,9-10H,5-8,16H2,1H3. The summed E-state index contributed by atoms with van der Waals surface area (Å²) in [6, 6.07) is 6.08. The van der Waals surface area contributed by atoms with Gasteiger partial charge in [0.15, 0.2) is 0 Å². The molecule has 1 aliphatic heterocycles. The minimum absolute atomic E-state index is 0.273. The lowest BCUT2D eigenvalue weighted by molar-refractivity contribution is 0.308. The van der Waals surface area contributed by atoms with Crippen molar-refractivity contribution in [1.82, 2.24) is 4.90 Å². The largest absolute Gasteiger partial charge is 0.328 e. The molecule has 0 aromatic heterocycles. The molecule has 0 bridgehead atoms. The molecule has 0 amide bonds. The topological polar surface area (TPSA) is 29.3 Å². The molecule has 1 aromatic carbocycles. The Morgan fingerprint density at radius 2 is 2.24 bits per heavy atom. The van der Waals surface area contributed by atoms with Crippen LogP contribution in [0.25, 0.3) is 0 Å². The fraction of sp³-hybridized carbons (Fsp3) is 0.538. The van der Waals surface area contributed by atoms with E-state index in [2.05, 4.69) is 11.8 Å². The summed E-state index contributed by atoms with van der Waals surface area (Å²) in [7, 11) is 0. The fourth-order valence-corrected chi connectivity index (χ4v) is 2.73. The molecule has 1 aliphatic rings. The Balaban J connectivity index is 2.00. The lowest BCUT2D eigenvalue weighted by atomic mass is 10.0. The van der Waals surface area contributed by atoms with Gasteiger partial charge in [-0.2, -0.15) is 0 Å². The summed E-state index contributed by atoms with van der Waals surface area (Å²) in [6.45, 7) is 5.10. The van der Waals surface area contributed by atoms with E-state index >= 15 is 0 Å². The monoisotopic (exact) mass is 272 g/mol. The minimum Gasteiger partial charge on any atom is -0.328 e. The zero-order valence-electron chi connectivity index (χ0n) is 10.00. The van der Waals surface area contributed by atoms with Crippen LogP contribution in [0.3, 0.4) is 0 Å². The van der Waals surface area contributed by atoms with Gasteiger partial charge in [0.1, 0.15) is 0 Å².